The van der Waals surface area contributed by atoms with Crippen molar-refractivity contribution < 1.29 is 27.4 Å². The van der Waals surface area contributed by atoms with Crippen LogP contribution < -0.4 is 14.8 Å². The molecule has 0 unspecified atom stereocenters. The van der Waals surface area contributed by atoms with E-state index < -0.39 is 17.9 Å². The monoisotopic (exact) mass is 451 g/mol. The topological polar surface area (TPSA) is 73.3 Å². The number of alkyl halides is 3. The Morgan fingerprint density at radius 2 is 1.74 bits per heavy atom. The Kier molecular flexibility index (Phi) is 7.21. The minimum Gasteiger partial charge on any atom is -0.490 e. The van der Waals surface area contributed by atoms with Crippen molar-refractivity contribution in [2.75, 3.05) is 24.3 Å². The zero-order valence-electron chi connectivity index (χ0n) is 16.8. The summed E-state index contributed by atoms with van der Waals surface area (Å²) in [6.07, 6.45) is -4.68. The minimum atomic E-state index is -4.68. The number of carbonyl (C=O) groups is 1. The second-order valence-corrected chi connectivity index (χ2v) is 7.20. The molecule has 0 aliphatic carbocycles. The van der Waals surface area contributed by atoms with Crippen LogP contribution in [0.5, 0.6) is 11.5 Å². The number of nitrogens with zero attached hydrogens (tertiary/aromatic N) is 2. The van der Waals surface area contributed by atoms with Gasteiger partial charge in [-0.3, -0.25) is 4.79 Å². The minimum absolute atomic E-state index is 0.0924. The number of ether oxygens (including phenoxy) is 2. The molecule has 0 atom stereocenters. The van der Waals surface area contributed by atoms with Gasteiger partial charge in [-0.25, -0.2) is 9.97 Å². The predicted molar refractivity (Wildman–Crippen MR) is 113 cm³/mol. The average Bonchev–Trinajstić information content (AvgIpc) is 2.73. The molecule has 1 aromatic heterocycles. The van der Waals surface area contributed by atoms with E-state index in [1.807, 2.05) is 13.8 Å². The van der Waals surface area contributed by atoms with Gasteiger partial charge in [0.05, 0.1) is 24.5 Å². The maximum Gasteiger partial charge on any atom is 0.451 e. The van der Waals surface area contributed by atoms with Gasteiger partial charge in [0.2, 0.25) is 11.7 Å². The number of anilines is 1. The highest BCUT2D eigenvalue weighted by Crippen LogP contribution is 2.33. The largest absolute Gasteiger partial charge is 0.490 e. The van der Waals surface area contributed by atoms with Crippen LogP contribution in [-0.2, 0) is 11.0 Å². The molecule has 0 saturated carbocycles. The molecule has 0 saturated heterocycles. The van der Waals surface area contributed by atoms with E-state index in [1.165, 1.54) is 6.07 Å². The molecule has 0 fully saturated rings. The van der Waals surface area contributed by atoms with Crippen molar-refractivity contribution in [3.8, 4) is 11.5 Å². The maximum atomic E-state index is 13.1. The van der Waals surface area contributed by atoms with Crippen LogP contribution in [0.3, 0.4) is 0 Å². The van der Waals surface area contributed by atoms with Crippen molar-refractivity contribution >= 4 is 34.3 Å². The van der Waals surface area contributed by atoms with Gasteiger partial charge in [-0.15, -0.1) is 0 Å². The lowest BCUT2D eigenvalue weighted by Gasteiger charge is -2.13. The van der Waals surface area contributed by atoms with Crippen LogP contribution in [0.4, 0.5) is 18.9 Å². The van der Waals surface area contributed by atoms with Gasteiger partial charge in [0.25, 0.3) is 0 Å². The van der Waals surface area contributed by atoms with E-state index in [4.69, 9.17) is 9.47 Å². The summed E-state index contributed by atoms with van der Waals surface area (Å²) in [5.74, 6) is -0.708. The van der Waals surface area contributed by atoms with Crippen molar-refractivity contribution in [3.05, 3.63) is 48.3 Å². The Hall–Kier alpha value is -3.01. The predicted octanol–water partition coefficient (Wildman–Crippen LogP) is 5.18. The van der Waals surface area contributed by atoms with Crippen molar-refractivity contribution in [1.82, 2.24) is 9.97 Å². The van der Waals surface area contributed by atoms with E-state index >= 15 is 0 Å². The number of hydrogen-bond donors (Lipinski definition) is 1. The first-order chi connectivity index (χ1) is 14.8. The van der Waals surface area contributed by atoms with Gasteiger partial charge in [0, 0.05) is 17.1 Å². The Bertz CT molecular complexity index is 1080. The highest BCUT2D eigenvalue weighted by molar-refractivity contribution is 8.00. The van der Waals surface area contributed by atoms with Crippen molar-refractivity contribution in [2.24, 2.45) is 0 Å². The molecule has 0 aliphatic heterocycles. The number of nitrogens with one attached hydrogen (secondary N) is 1. The van der Waals surface area contributed by atoms with E-state index in [-0.39, 0.29) is 16.3 Å². The number of amides is 1. The lowest BCUT2D eigenvalue weighted by Crippen LogP contribution is -2.15. The Balaban J connectivity index is 1.75. The quantitative estimate of drug-likeness (QED) is 0.376. The third kappa shape index (κ3) is 5.78. The molecule has 2 aromatic carbocycles. The van der Waals surface area contributed by atoms with Crippen LogP contribution in [0.25, 0.3) is 10.9 Å². The van der Waals surface area contributed by atoms with Crippen LogP contribution in [-0.4, -0.2) is 34.8 Å². The van der Waals surface area contributed by atoms with Gasteiger partial charge in [-0.2, -0.15) is 13.2 Å². The molecule has 31 heavy (non-hydrogen) atoms. The fourth-order valence-corrected chi connectivity index (χ4v) is 3.56. The first-order valence-electron chi connectivity index (χ1n) is 9.48. The summed E-state index contributed by atoms with van der Waals surface area (Å²) in [6.45, 7) is 4.58. The number of rotatable bonds is 8. The van der Waals surface area contributed by atoms with Gasteiger partial charge < -0.3 is 14.8 Å². The summed E-state index contributed by atoms with van der Waals surface area (Å²) >= 11 is 0.914. The molecule has 10 heteroatoms. The van der Waals surface area contributed by atoms with Gasteiger partial charge in [-0.1, -0.05) is 30.0 Å². The first kappa shape index (κ1) is 22.7. The molecular formula is C21H20F3N3O3S. The van der Waals surface area contributed by atoms with Crippen molar-refractivity contribution in [2.45, 2.75) is 25.0 Å². The van der Waals surface area contributed by atoms with E-state index in [0.717, 1.165) is 11.8 Å². The molecule has 3 rings (SSSR count). The number of hydrogen-bond acceptors (Lipinski definition) is 6. The zero-order chi connectivity index (χ0) is 22.4. The second kappa shape index (κ2) is 9.86. The Labute approximate surface area is 181 Å². The average molecular weight is 451 g/mol. The number of benzene rings is 2. The molecule has 0 aliphatic rings. The normalized spacial score (nSPS) is 11.4. The van der Waals surface area contributed by atoms with E-state index in [9.17, 15) is 18.0 Å². The number of halogens is 3. The molecular weight excluding hydrogens is 431 g/mol. The van der Waals surface area contributed by atoms with Crippen LogP contribution in [0.15, 0.2) is 47.5 Å². The smallest absolute Gasteiger partial charge is 0.451 e. The third-order valence-electron chi connectivity index (χ3n) is 3.99. The van der Waals surface area contributed by atoms with Crippen LogP contribution in [0, 0.1) is 0 Å². The van der Waals surface area contributed by atoms with E-state index in [0.29, 0.717) is 35.8 Å². The summed E-state index contributed by atoms with van der Waals surface area (Å²) in [6, 6.07) is 11.4. The van der Waals surface area contributed by atoms with Crippen LogP contribution >= 0.6 is 11.8 Å². The molecule has 3 aromatic rings. The number of para-hydroxylation sites is 1. The summed E-state index contributed by atoms with van der Waals surface area (Å²) in [7, 11) is 0. The van der Waals surface area contributed by atoms with Crippen molar-refractivity contribution in [3.63, 3.8) is 0 Å². The van der Waals surface area contributed by atoms with Crippen LogP contribution in [0.2, 0.25) is 0 Å². The number of carbonyl (C=O) groups excluding carboxylic acids is 1. The molecule has 6 nitrogen and oxygen atoms in total. The number of fused-ring (bicyclic) bond motifs is 1. The molecule has 0 spiro atoms. The molecule has 0 bridgehead atoms. The second-order valence-electron chi connectivity index (χ2n) is 6.23. The van der Waals surface area contributed by atoms with Gasteiger partial charge >= 0.3 is 6.18 Å². The number of aromatic nitrogens is 2. The fourth-order valence-electron chi connectivity index (χ4n) is 2.74. The Morgan fingerprint density at radius 1 is 1.03 bits per heavy atom. The Morgan fingerprint density at radius 3 is 2.45 bits per heavy atom. The third-order valence-corrected chi connectivity index (χ3v) is 4.98. The molecule has 164 valence electrons. The highest BCUT2D eigenvalue weighted by atomic mass is 32.2. The molecule has 1 heterocycles. The lowest BCUT2D eigenvalue weighted by molar-refractivity contribution is -0.145. The summed E-state index contributed by atoms with van der Waals surface area (Å²) in [5.41, 5.74) is 0.654. The standard InChI is InChI=1S/C21H20F3N3O3S/c1-3-29-16-10-9-13(11-17(16)30-4-2)25-18(28)12-31-19-14-7-5-6-8-15(14)26-20(27-19)21(22,23)24/h5-11H,3-4,12H2,1-2H3,(H,25,28). The fraction of sp³-hybridized carbons (Fsp3) is 0.286. The zero-order valence-corrected chi connectivity index (χ0v) is 17.6. The maximum absolute atomic E-state index is 13.1. The molecule has 1 amide bonds. The highest BCUT2D eigenvalue weighted by Gasteiger charge is 2.35. The SMILES string of the molecule is CCOc1ccc(NC(=O)CSc2nc(C(F)(F)F)nc3ccccc23)cc1OCC. The summed E-state index contributed by atoms with van der Waals surface area (Å²) < 4.78 is 50.4. The molecule has 0 radical (unpaired) electrons. The summed E-state index contributed by atoms with van der Waals surface area (Å²) in [5, 5.41) is 3.26. The van der Waals surface area contributed by atoms with Crippen molar-refractivity contribution in [1.29, 1.82) is 0 Å². The lowest BCUT2D eigenvalue weighted by atomic mass is 10.2. The number of thioether (sulfide) groups is 1. The van der Waals surface area contributed by atoms with Gasteiger partial charge in [0.1, 0.15) is 5.03 Å². The van der Waals surface area contributed by atoms with Crippen LogP contribution in [0.1, 0.15) is 19.7 Å². The van der Waals surface area contributed by atoms with E-state index in [1.54, 1.807) is 36.4 Å². The first-order valence-corrected chi connectivity index (χ1v) is 10.5. The van der Waals surface area contributed by atoms with Gasteiger partial charge in [-0.05, 0) is 32.0 Å². The molecule has 1 N–H and O–H groups in total. The summed E-state index contributed by atoms with van der Waals surface area (Å²) in [4.78, 5) is 19.6. The van der Waals surface area contributed by atoms with E-state index in [2.05, 4.69) is 15.3 Å². The van der Waals surface area contributed by atoms with Gasteiger partial charge in [0.15, 0.2) is 11.5 Å².